The first-order valence-corrected chi connectivity index (χ1v) is 7.53. The third-order valence-corrected chi connectivity index (χ3v) is 3.37. The van der Waals surface area contributed by atoms with Crippen molar-refractivity contribution >= 4 is 6.09 Å². The number of piperidine rings is 1. The summed E-state index contributed by atoms with van der Waals surface area (Å²) in [6.45, 7) is 10.0. The molecule has 0 aromatic heterocycles. The molecule has 1 aliphatic heterocycles. The van der Waals surface area contributed by atoms with Crippen LogP contribution in [0.25, 0.3) is 0 Å². The molecule has 0 saturated carbocycles. The summed E-state index contributed by atoms with van der Waals surface area (Å²) >= 11 is 0. The summed E-state index contributed by atoms with van der Waals surface area (Å²) < 4.78 is 5.54. The van der Waals surface area contributed by atoms with Gasteiger partial charge in [-0.2, -0.15) is 0 Å². The first-order valence-electron chi connectivity index (χ1n) is 7.53. The van der Waals surface area contributed by atoms with Gasteiger partial charge in [-0.3, -0.25) is 4.90 Å². The normalized spacial score (nSPS) is 24.8. The van der Waals surface area contributed by atoms with E-state index in [1.165, 1.54) is 6.42 Å². The Bertz CT molecular complexity index is 317. The highest BCUT2D eigenvalue weighted by Crippen LogP contribution is 2.26. The van der Waals surface area contributed by atoms with E-state index in [0.717, 1.165) is 25.7 Å². The van der Waals surface area contributed by atoms with Gasteiger partial charge in [0.05, 0.1) is 6.04 Å². The highest BCUT2D eigenvalue weighted by Gasteiger charge is 2.33. The monoisotopic (exact) mass is 267 g/mol. The van der Waals surface area contributed by atoms with Crippen LogP contribution < -0.4 is 0 Å². The Morgan fingerprint density at radius 2 is 2.05 bits per heavy atom. The summed E-state index contributed by atoms with van der Waals surface area (Å²) in [5.41, 5.74) is -0.425. The van der Waals surface area contributed by atoms with Crippen molar-refractivity contribution in [2.24, 2.45) is 0 Å². The highest BCUT2D eigenvalue weighted by molar-refractivity contribution is 5.69. The number of amides is 1. The van der Waals surface area contributed by atoms with Crippen LogP contribution in [0.1, 0.15) is 66.7 Å². The first kappa shape index (κ1) is 16.1. The molecular weight excluding hydrogens is 238 g/mol. The van der Waals surface area contributed by atoms with E-state index >= 15 is 0 Å². The van der Waals surface area contributed by atoms with E-state index in [2.05, 4.69) is 26.0 Å². The Labute approximate surface area is 118 Å². The molecule has 3 nitrogen and oxygen atoms in total. The van der Waals surface area contributed by atoms with Gasteiger partial charge in [0.2, 0.25) is 0 Å². The van der Waals surface area contributed by atoms with E-state index in [-0.39, 0.29) is 18.2 Å². The van der Waals surface area contributed by atoms with Gasteiger partial charge in [0.1, 0.15) is 5.60 Å². The van der Waals surface area contributed by atoms with E-state index in [0.29, 0.717) is 0 Å². The number of rotatable bonds is 3. The predicted molar refractivity (Wildman–Crippen MR) is 79.2 cm³/mol. The third-order valence-electron chi connectivity index (χ3n) is 3.37. The van der Waals surface area contributed by atoms with Crippen LogP contribution in [0.5, 0.6) is 0 Å². The quantitative estimate of drug-likeness (QED) is 0.703. The second kappa shape index (κ2) is 6.97. The van der Waals surface area contributed by atoms with E-state index < -0.39 is 5.60 Å². The van der Waals surface area contributed by atoms with E-state index in [1.54, 1.807) is 0 Å². The maximum Gasteiger partial charge on any atom is 0.411 e. The van der Waals surface area contributed by atoms with Crippen molar-refractivity contribution in [3.05, 3.63) is 12.2 Å². The largest absolute Gasteiger partial charge is 0.444 e. The van der Waals surface area contributed by atoms with Gasteiger partial charge in [0.25, 0.3) is 0 Å². The molecule has 2 atom stereocenters. The van der Waals surface area contributed by atoms with Crippen LogP contribution in [0.4, 0.5) is 4.79 Å². The topological polar surface area (TPSA) is 29.5 Å². The van der Waals surface area contributed by atoms with Crippen LogP contribution in [-0.2, 0) is 4.74 Å². The molecular formula is C16H29NO2. The minimum absolute atomic E-state index is 0.175. The van der Waals surface area contributed by atoms with Gasteiger partial charge in [0, 0.05) is 6.04 Å². The van der Waals surface area contributed by atoms with Crippen molar-refractivity contribution in [1.29, 1.82) is 0 Å². The molecule has 1 rings (SSSR count). The number of likely N-dealkylation sites (tertiary alicyclic amines) is 1. The van der Waals surface area contributed by atoms with Crippen LogP contribution in [-0.4, -0.2) is 28.7 Å². The standard InChI is InChI=1S/C16H29NO2/c1-6-7-8-11-14-12-9-10-13(2)17(14)15(18)19-16(3,4)5/h8,11,13-14H,6-7,9-10,12H2,1-5H3/t13-,14-/m0/s1. The van der Waals surface area contributed by atoms with Crippen molar-refractivity contribution < 1.29 is 9.53 Å². The minimum atomic E-state index is -0.425. The van der Waals surface area contributed by atoms with Crippen LogP contribution in [0.15, 0.2) is 12.2 Å². The zero-order valence-electron chi connectivity index (χ0n) is 13.1. The maximum absolute atomic E-state index is 12.3. The van der Waals surface area contributed by atoms with Crippen molar-refractivity contribution in [3.63, 3.8) is 0 Å². The summed E-state index contributed by atoms with van der Waals surface area (Å²) in [6, 6.07) is 0.463. The van der Waals surface area contributed by atoms with Crippen LogP contribution in [0.2, 0.25) is 0 Å². The summed E-state index contributed by atoms with van der Waals surface area (Å²) in [4.78, 5) is 14.3. The maximum atomic E-state index is 12.3. The number of hydrogen-bond acceptors (Lipinski definition) is 2. The van der Waals surface area contributed by atoms with Gasteiger partial charge in [-0.05, 0) is 53.4 Å². The zero-order valence-corrected chi connectivity index (χ0v) is 13.1. The van der Waals surface area contributed by atoms with E-state index in [1.807, 2.05) is 25.7 Å². The fraction of sp³-hybridized carbons (Fsp3) is 0.812. The van der Waals surface area contributed by atoms with Gasteiger partial charge >= 0.3 is 6.09 Å². The first-order chi connectivity index (χ1) is 8.85. The highest BCUT2D eigenvalue weighted by atomic mass is 16.6. The van der Waals surface area contributed by atoms with E-state index in [4.69, 9.17) is 4.74 Å². The van der Waals surface area contributed by atoms with Crippen LogP contribution in [0.3, 0.4) is 0 Å². The molecule has 0 unspecified atom stereocenters. The molecule has 19 heavy (non-hydrogen) atoms. The van der Waals surface area contributed by atoms with Crippen LogP contribution in [0, 0.1) is 0 Å². The van der Waals surface area contributed by atoms with Crippen molar-refractivity contribution in [3.8, 4) is 0 Å². The SMILES string of the molecule is CCCC=C[C@H]1CCC[C@H](C)N1C(=O)OC(C)(C)C. The molecule has 0 aromatic carbocycles. The van der Waals surface area contributed by atoms with Gasteiger partial charge in [-0.15, -0.1) is 0 Å². The number of hydrogen-bond donors (Lipinski definition) is 0. The molecule has 0 bridgehead atoms. The van der Waals surface area contributed by atoms with Crippen LogP contribution >= 0.6 is 0 Å². The minimum Gasteiger partial charge on any atom is -0.444 e. The van der Waals surface area contributed by atoms with Crippen molar-refractivity contribution in [2.75, 3.05) is 0 Å². The second-order valence-electron chi connectivity index (χ2n) is 6.45. The average Bonchev–Trinajstić information content (AvgIpc) is 2.26. The fourth-order valence-electron chi connectivity index (χ4n) is 2.47. The smallest absolute Gasteiger partial charge is 0.411 e. The summed E-state index contributed by atoms with van der Waals surface area (Å²) in [7, 11) is 0. The summed E-state index contributed by atoms with van der Waals surface area (Å²) in [5, 5.41) is 0. The Morgan fingerprint density at radius 1 is 1.37 bits per heavy atom. The molecule has 1 saturated heterocycles. The molecule has 0 radical (unpaired) electrons. The molecule has 1 heterocycles. The number of carbonyl (C=O) groups is 1. The van der Waals surface area contributed by atoms with E-state index in [9.17, 15) is 4.79 Å². The number of carbonyl (C=O) groups excluding carboxylic acids is 1. The van der Waals surface area contributed by atoms with Gasteiger partial charge < -0.3 is 4.74 Å². The number of allylic oxidation sites excluding steroid dienone is 1. The molecule has 0 N–H and O–H groups in total. The fourth-order valence-corrected chi connectivity index (χ4v) is 2.47. The average molecular weight is 267 g/mol. The third kappa shape index (κ3) is 5.25. The predicted octanol–water partition coefficient (Wildman–Crippen LogP) is 4.52. The lowest BCUT2D eigenvalue weighted by molar-refractivity contribution is 0.00359. The lowest BCUT2D eigenvalue weighted by Crippen LogP contribution is -2.49. The molecule has 0 aromatic rings. The zero-order chi connectivity index (χ0) is 14.5. The van der Waals surface area contributed by atoms with Crippen molar-refractivity contribution in [2.45, 2.75) is 84.4 Å². The lowest BCUT2D eigenvalue weighted by atomic mass is 9.96. The van der Waals surface area contributed by atoms with Gasteiger partial charge in [-0.25, -0.2) is 4.79 Å². The Kier molecular flexibility index (Phi) is 5.89. The molecule has 110 valence electrons. The molecule has 0 aliphatic carbocycles. The Balaban J connectivity index is 2.74. The molecule has 0 spiro atoms. The van der Waals surface area contributed by atoms with Crippen molar-refractivity contribution in [1.82, 2.24) is 4.90 Å². The number of nitrogens with zero attached hydrogens (tertiary/aromatic N) is 1. The number of unbranched alkanes of at least 4 members (excludes halogenated alkanes) is 1. The molecule has 1 fully saturated rings. The molecule has 1 amide bonds. The van der Waals surface area contributed by atoms with Gasteiger partial charge in [-0.1, -0.05) is 25.5 Å². The van der Waals surface area contributed by atoms with Gasteiger partial charge in [0.15, 0.2) is 0 Å². The Morgan fingerprint density at radius 3 is 2.63 bits per heavy atom. The molecule has 3 heteroatoms. The lowest BCUT2D eigenvalue weighted by Gasteiger charge is -2.40. The summed E-state index contributed by atoms with van der Waals surface area (Å²) in [6.07, 6.45) is 9.72. The summed E-state index contributed by atoms with van der Waals surface area (Å²) in [5.74, 6) is 0. The Hall–Kier alpha value is -0.990. The molecule has 1 aliphatic rings. The number of ether oxygens (including phenoxy) is 1. The second-order valence-corrected chi connectivity index (χ2v) is 6.45.